The highest BCUT2D eigenvalue weighted by molar-refractivity contribution is 4.93. The third kappa shape index (κ3) is 4.10. The topological polar surface area (TPSA) is 41.3 Å². The Kier molecular flexibility index (Phi) is 6.36. The van der Waals surface area contributed by atoms with Crippen LogP contribution in [0, 0.1) is 5.92 Å². The number of hydrogen-bond donors (Lipinski definition) is 1. The van der Waals surface area contributed by atoms with Crippen LogP contribution in [-0.2, 0) is 13.5 Å². The van der Waals surface area contributed by atoms with E-state index in [4.69, 9.17) is 5.11 Å². The van der Waals surface area contributed by atoms with Gasteiger partial charge in [-0.25, -0.2) is 4.98 Å². The van der Waals surface area contributed by atoms with Crippen molar-refractivity contribution in [2.45, 2.75) is 39.2 Å². The second-order valence-corrected chi connectivity index (χ2v) is 5.23. The number of likely N-dealkylation sites (tertiary alicyclic amines) is 1. The molecule has 0 radical (unpaired) electrons. The molecule has 4 heteroatoms. The molecule has 0 aliphatic carbocycles. The van der Waals surface area contributed by atoms with Crippen LogP contribution >= 0.6 is 0 Å². The van der Waals surface area contributed by atoms with Gasteiger partial charge in [0.2, 0.25) is 0 Å². The van der Waals surface area contributed by atoms with Crippen molar-refractivity contribution < 1.29 is 5.11 Å². The Morgan fingerprint density at radius 1 is 1.33 bits per heavy atom. The van der Waals surface area contributed by atoms with E-state index in [-0.39, 0.29) is 0 Å². The first kappa shape index (κ1) is 15.2. The van der Waals surface area contributed by atoms with Crippen LogP contribution in [0.3, 0.4) is 0 Å². The summed E-state index contributed by atoms with van der Waals surface area (Å²) in [6.45, 7) is 7.09. The van der Waals surface area contributed by atoms with Crippen molar-refractivity contribution in [1.82, 2.24) is 14.5 Å². The molecule has 104 valence electrons. The predicted octanol–water partition coefficient (Wildman–Crippen LogP) is 1.69. The molecular formula is C14H27N3O. The van der Waals surface area contributed by atoms with Gasteiger partial charge in [-0.3, -0.25) is 0 Å². The summed E-state index contributed by atoms with van der Waals surface area (Å²) in [5.41, 5.74) is 0. The molecule has 0 atom stereocenters. The van der Waals surface area contributed by atoms with Gasteiger partial charge in [-0.15, -0.1) is 0 Å². The van der Waals surface area contributed by atoms with Crippen LogP contribution in [0.15, 0.2) is 12.4 Å². The van der Waals surface area contributed by atoms with Gasteiger partial charge in [-0.2, -0.15) is 0 Å². The first-order chi connectivity index (χ1) is 8.66. The van der Waals surface area contributed by atoms with Crippen LogP contribution in [0.1, 0.15) is 32.5 Å². The van der Waals surface area contributed by atoms with Gasteiger partial charge in [0, 0.05) is 39.0 Å². The zero-order valence-electron chi connectivity index (χ0n) is 12.1. The number of aromatic nitrogens is 2. The van der Waals surface area contributed by atoms with E-state index < -0.39 is 0 Å². The zero-order chi connectivity index (χ0) is 13.5. The minimum atomic E-state index is 0.703. The third-order valence-electron chi connectivity index (χ3n) is 3.77. The maximum atomic E-state index is 7.00. The molecule has 1 fully saturated rings. The lowest BCUT2D eigenvalue weighted by molar-refractivity contribution is 0.148. The molecule has 1 saturated heterocycles. The number of aliphatic hydroxyl groups is 1. The minimum Gasteiger partial charge on any atom is -0.400 e. The molecule has 1 aliphatic heterocycles. The van der Waals surface area contributed by atoms with Gasteiger partial charge < -0.3 is 14.6 Å². The summed E-state index contributed by atoms with van der Waals surface area (Å²) in [5.74, 6) is 2.07. The standard InChI is InChI=1S/C13H23N3.CH4O/c1-11(2)16-7-4-12(5-8-16)10-13-14-6-9-15(13)3;1-2/h6,9,11-12H,4-5,7-8,10H2,1-3H3;2H,1H3. The van der Waals surface area contributed by atoms with E-state index in [9.17, 15) is 0 Å². The molecule has 0 amide bonds. The normalized spacial score (nSPS) is 17.7. The molecule has 0 unspecified atom stereocenters. The molecule has 1 N–H and O–H groups in total. The Morgan fingerprint density at radius 3 is 2.39 bits per heavy atom. The van der Waals surface area contributed by atoms with Gasteiger partial charge in [-0.1, -0.05) is 0 Å². The lowest BCUT2D eigenvalue weighted by Crippen LogP contribution is -2.39. The molecule has 4 nitrogen and oxygen atoms in total. The summed E-state index contributed by atoms with van der Waals surface area (Å²) in [4.78, 5) is 6.99. The molecule has 2 rings (SSSR count). The van der Waals surface area contributed by atoms with Gasteiger partial charge >= 0.3 is 0 Å². The molecule has 2 heterocycles. The van der Waals surface area contributed by atoms with Crippen molar-refractivity contribution in [3.63, 3.8) is 0 Å². The fourth-order valence-corrected chi connectivity index (χ4v) is 2.52. The molecule has 0 spiro atoms. The van der Waals surface area contributed by atoms with Gasteiger partial charge in [0.15, 0.2) is 0 Å². The average molecular weight is 253 g/mol. The first-order valence-electron chi connectivity index (χ1n) is 6.82. The smallest absolute Gasteiger partial charge is 0.108 e. The molecular weight excluding hydrogens is 226 g/mol. The second-order valence-electron chi connectivity index (χ2n) is 5.23. The van der Waals surface area contributed by atoms with Crippen molar-refractivity contribution in [2.75, 3.05) is 20.2 Å². The minimum absolute atomic E-state index is 0.703. The monoisotopic (exact) mass is 253 g/mol. The molecule has 0 aromatic carbocycles. The second kappa shape index (κ2) is 7.54. The summed E-state index contributed by atoms with van der Waals surface area (Å²) < 4.78 is 2.15. The third-order valence-corrected chi connectivity index (χ3v) is 3.77. The molecule has 0 bridgehead atoms. The Morgan fingerprint density at radius 2 is 1.94 bits per heavy atom. The number of rotatable bonds is 3. The summed E-state index contributed by atoms with van der Waals surface area (Å²) in [6, 6.07) is 0.703. The lowest BCUT2D eigenvalue weighted by atomic mass is 9.92. The quantitative estimate of drug-likeness (QED) is 0.891. The van der Waals surface area contributed by atoms with Crippen LogP contribution in [0.5, 0.6) is 0 Å². The van der Waals surface area contributed by atoms with Crippen LogP contribution in [0.4, 0.5) is 0 Å². The van der Waals surface area contributed by atoms with Gasteiger partial charge in [-0.05, 0) is 45.7 Å². The Hall–Kier alpha value is -0.870. The van der Waals surface area contributed by atoms with Crippen LogP contribution in [0.2, 0.25) is 0 Å². The predicted molar refractivity (Wildman–Crippen MR) is 74.5 cm³/mol. The van der Waals surface area contributed by atoms with E-state index in [1.54, 1.807) is 0 Å². The van der Waals surface area contributed by atoms with Crippen molar-refractivity contribution in [3.05, 3.63) is 18.2 Å². The fourth-order valence-electron chi connectivity index (χ4n) is 2.52. The van der Waals surface area contributed by atoms with E-state index in [1.165, 1.54) is 31.8 Å². The number of nitrogens with zero attached hydrogens (tertiary/aromatic N) is 3. The van der Waals surface area contributed by atoms with Crippen LogP contribution < -0.4 is 0 Å². The summed E-state index contributed by atoms with van der Waals surface area (Å²) in [6.07, 6.45) is 7.74. The van der Waals surface area contributed by atoms with Gasteiger partial charge in [0.05, 0.1) is 0 Å². The summed E-state index contributed by atoms with van der Waals surface area (Å²) in [7, 11) is 3.09. The van der Waals surface area contributed by atoms with Crippen molar-refractivity contribution in [3.8, 4) is 0 Å². The maximum absolute atomic E-state index is 7.00. The molecule has 1 aromatic heterocycles. The molecule has 18 heavy (non-hydrogen) atoms. The maximum Gasteiger partial charge on any atom is 0.108 e. The number of aryl methyl sites for hydroxylation is 1. The van der Waals surface area contributed by atoms with Crippen LogP contribution in [-0.4, -0.2) is 45.8 Å². The van der Waals surface area contributed by atoms with E-state index in [0.29, 0.717) is 6.04 Å². The average Bonchev–Trinajstić information content (AvgIpc) is 2.78. The number of imidazole rings is 1. The van der Waals surface area contributed by atoms with Crippen LogP contribution in [0.25, 0.3) is 0 Å². The molecule has 1 aliphatic rings. The van der Waals surface area contributed by atoms with Crippen molar-refractivity contribution in [2.24, 2.45) is 13.0 Å². The molecule has 0 saturated carbocycles. The first-order valence-corrected chi connectivity index (χ1v) is 6.82. The number of aliphatic hydroxyl groups excluding tert-OH is 1. The highest BCUT2D eigenvalue weighted by Gasteiger charge is 2.21. The number of hydrogen-bond acceptors (Lipinski definition) is 3. The summed E-state index contributed by atoms with van der Waals surface area (Å²) in [5, 5.41) is 7.00. The van der Waals surface area contributed by atoms with Crippen molar-refractivity contribution >= 4 is 0 Å². The van der Waals surface area contributed by atoms with Crippen molar-refractivity contribution in [1.29, 1.82) is 0 Å². The van der Waals surface area contributed by atoms with E-state index in [2.05, 4.69) is 35.3 Å². The Bertz CT molecular complexity index is 328. The van der Waals surface area contributed by atoms with E-state index >= 15 is 0 Å². The zero-order valence-corrected chi connectivity index (χ0v) is 12.1. The Balaban J connectivity index is 0.000000771. The SMILES string of the molecule is CC(C)N1CCC(Cc2nccn2C)CC1.CO. The fraction of sp³-hybridized carbons (Fsp3) is 0.786. The van der Waals surface area contributed by atoms with Gasteiger partial charge in [0.1, 0.15) is 5.82 Å². The van der Waals surface area contributed by atoms with E-state index in [1.807, 2.05) is 12.4 Å². The van der Waals surface area contributed by atoms with Gasteiger partial charge in [0.25, 0.3) is 0 Å². The van der Waals surface area contributed by atoms with E-state index in [0.717, 1.165) is 19.4 Å². The molecule has 1 aromatic rings. The lowest BCUT2D eigenvalue weighted by Gasteiger charge is -2.34. The number of piperidine rings is 1. The largest absolute Gasteiger partial charge is 0.400 e. The summed E-state index contributed by atoms with van der Waals surface area (Å²) >= 11 is 0. The highest BCUT2D eigenvalue weighted by Crippen LogP contribution is 2.21. The highest BCUT2D eigenvalue weighted by atomic mass is 16.2. The Labute approximate surface area is 111 Å².